The lowest BCUT2D eigenvalue weighted by atomic mass is 9.87. The Morgan fingerprint density at radius 2 is 1.77 bits per heavy atom. The predicted octanol–water partition coefficient (Wildman–Crippen LogP) is 3.05. The van der Waals surface area contributed by atoms with Gasteiger partial charge in [-0.3, -0.25) is 14.5 Å². The van der Waals surface area contributed by atoms with Gasteiger partial charge in [-0.05, 0) is 42.7 Å². The van der Waals surface area contributed by atoms with Crippen molar-refractivity contribution in [3.8, 4) is 0 Å². The van der Waals surface area contributed by atoms with Gasteiger partial charge in [0.25, 0.3) is 0 Å². The number of halogens is 1. The lowest BCUT2D eigenvalue weighted by molar-refractivity contribution is -0.125. The topological polar surface area (TPSA) is 58.6 Å². The van der Waals surface area contributed by atoms with Crippen molar-refractivity contribution in [3.63, 3.8) is 0 Å². The molecule has 2 aliphatic rings. The van der Waals surface area contributed by atoms with E-state index in [2.05, 4.69) is 10.2 Å². The van der Waals surface area contributed by atoms with Gasteiger partial charge >= 0.3 is 0 Å². The van der Waals surface area contributed by atoms with Crippen LogP contribution >= 0.6 is 0 Å². The third-order valence-corrected chi connectivity index (χ3v) is 5.97. The Labute approximate surface area is 176 Å². The molecule has 0 radical (unpaired) electrons. The molecule has 5 nitrogen and oxygen atoms in total. The highest BCUT2D eigenvalue weighted by Gasteiger charge is 2.42. The number of Topliss-reactive ketones (excluding diaryl/α,β-unsaturated/α-hetero) is 1. The number of benzene rings is 2. The van der Waals surface area contributed by atoms with Gasteiger partial charge in [0.2, 0.25) is 5.91 Å². The van der Waals surface area contributed by atoms with Gasteiger partial charge in [0.15, 0.2) is 5.78 Å². The van der Waals surface area contributed by atoms with Crippen LogP contribution in [-0.2, 0) is 16.1 Å². The minimum atomic E-state index is -0.455. The van der Waals surface area contributed by atoms with E-state index in [-0.39, 0.29) is 23.6 Å². The molecule has 158 valence electrons. The van der Waals surface area contributed by atoms with Crippen LogP contribution in [-0.4, -0.2) is 48.9 Å². The average molecular weight is 410 g/mol. The monoisotopic (exact) mass is 410 g/mol. The Kier molecular flexibility index (Phi) is 6.55. The second-order valence-corrected chi connectivity index (χ2v) is 8.14. The van der Waals surface area contributed by atoms with E-state index in [1.807, 2.05) is 30.3 Å². The fourth-order valence-electron chi connectivity index (χ4n) is 4.37. The first-order valence-electron chi connectivity index (χ1n) is 10.6. The van der Waals surface area contributed by atoms with Crippen molar-refractivity contribution in [2.24, 2.45) is 11.8 Å². The van der Waals surface area contributed by atoms with E-state index in [0.717, 1.165) is 25.0 Å². The third kappa shape index (κ3) is 4.94. The third-order valence-electron chi connectivity index (χ3n) is 5.97. The highest BCUT2D eigenvalue weighted by molar-refractivity contribution is 6.01. The maximum atomic E-state index is 13.3. The fourth-order valence-corrected chi connectivity index (χ4v) is 4.37. The summed E-state index contributed by atoms with van der Waals surface area (Å²) >= 11 is 0. The second-order valence-electron chi connectivity index (χ2n) is 8.14. The van der Waals surface area contributed by atoms with Crippen LogP contribution in [0.15, 0.2) is 54.6 Å². The molecule has 3 atom stereocenters. The largest absolute Gasteiger partial charge is 0.376 e. The van der Waals surface area contributed by atoms with Gasteiger partial charge in [-0.1, -0.05) is 30.3 Å². The Morgan fingerprint density at radius 3 is 2.47 bits per heavy atom. The first-order valence-corrected chi connectivity index (χ1v) is 10.6. The van der Waals surface area contributed by atoms with Gasteiger partial charge < -0.3 is 10.1 Å². The van der Waals surface area contributed by atoms with Gasteiger partial charge in [0, 0.05) is 44.3 Å². The molecule has 2 saturated heterocycles. The van der Waals surface area contributed by atoms with Crippen molar-refractivity contribution in [1.29, 1.82) is 0 Å². The lowest BCUT2D eigenvalue weighted by Crippen LogP contribution is -2.40. The quantitative estimate of drug-likeness (QED) is 0.713. The number of nitrogens with one attached hydrogen (secondary N) is 1. The van der Waals surface area contributed by atoms with Crippen molar-refractivity contribution < 1.29 is 18.7 Å². The van der Waals surface area contributed by atoms with Crippen molar-refractivity contribution in [3.05, 3.63) is 71.5 Å². The molecule has 30 heavy (non-hydrogen) atoms. The molecule has 1 amide bonds. The fraction of sp³-hybridized carbons (Fsp3) is 0.417. The van der Waals surface area contributed by atoms with Crippen LogP contribution in [0.5, 0.6) is 0 Å². The van der Waals surface area contributed by atoms with E-state index in [4.69, 9.17) is 4.74 Å². The molecule has 2 aliphatic heterocycles. The Balaban J connectivity index is 1.48. The number of hydrogen-bond donors (Lipinski definition) is 1. The lowest BCUT2D eigenvalue weighted by Gasteiger charge is -2.18. The van der Waals surface area contributed by atoms with E-state index < -0.39 is 11.8 Å². The van der Waals surface area contributed by atoms with E-state index in [1.54, 1.807) is 0 Å². The number of likely N-dealkylation sites (tertiary alicyclic amines) is 1. The van der Waals surface area contributed by atoms with E-state index >= 15 is 0 Å². The van der Waals surface area contributed by atoms with E-state index in [9.17, 15) is 14.0 Å². The maximum absolute atomic E-state index is 13.3. The van der Waals surface area contributed by atoms with Crippen molar-refractivity contribution in [2.75, 3.05) is 26.2 Å². The van der Waals surface area contributed by atoms with Crippen LogP contribution in [0, 0.1) is 17.7 Å². The predicted molar refractivity (Wildman–Crippen MR) is 111 cm³/mol. The highest BCUT2D eigenvalue weighted by Crippen LogP contribution is 2.29. The summed E-state index contributed by atoms with van der Waals surface area (Å²) in [5.74, 6) is -1.49. The molecule has 2 aromatic rings. The maximum Gasteiger partial charge on any atom is 0.225 e. The zero-order valence-corrected chi connectivity index (χ0v) is 16.9. The number of carbonyl (C=O) groups is 2. The van der Waals surface area contributed by atoms with Crippen LogP contribution in [0.4, 0.5) is 4.39 Å². The molecule has 0 saturated carbocycles. The summed E-state index contributed by atoms with van der Waals surface area (Å²) in [6, 6.07) is 15.6. The van der Waals surface area contributed by atoms with Crippen LogP contribution in [0.25, 0.3) is 0 Å². The second kappa shape index (κ2) is 9.49. The van der Waals surface area contributed by atoms with E-state index in [1.165, 1.54) is 24.3 Å². The average Bonchev–Trinajstić information content (AvgIpc) is 3.43. The molecular formula is C24H27FN2O3. The molecule has 1 unspecified atom stereocenters. The number of ether oxygens (including phenoxy) is 1. The molecule has 0 aromatic heterocycles. The molecule has 4 rings (SSSR count). The molecule has 0 bridgehead atoms. The summed E-state index contributed by atoms with van der Waals surface area (Å²) in [6.07, 6.45) is 2.02. The SMILES string of the molecule is O=C(NCC1CCCO1)[C@@H]1CN(Cc2ccccc2)C[C@H]1C(=O)c1ccc(F)cc1. The Hall–Kier alpha value is -2.57. The molecule has 2 heterocycles. The summed E-state index contributed by atoms with van der Waals surface area (Å²) in [5, 5.41) is 2.99. The number of hydrogen-bond acceptors (Lipinski definition) is 4. The van der Waals surface area contributed by atoms with Gasteiger partial charge in [-0.25, -0.2) is 4.39 Å². The normalized spacial score (nSPS) is 24.1. The number of amides is 1. The molecule has 2 aromatic carbocycles. The van der Waals surface area contributed by atoms with Gasteiger partial charge in [0.05, 0.1) is 12.0 Å². The molecule has 0 spiro atoms. The summed E-state index contributed by atoms with van der Waals surface area (Å²) in [4.78, 5) is 28.3. The minimum absolute atomic E-state index is 0.0574. The zero-order valence-electron chi connectivity index (χ0n) is 16.9. The zero-order chi connectivity index (χ0) is 20.9. The van der Waals surface area contributed by atoms with E-state index in [0.29, 0.717) is 31.7 Å². The van der Waals surface area contributed by atoms with Crippen LogP contribution in [0.1, 0.15) is 28.8 Å². The Morgan fingerprint density at radius 1 is 1.03 bits per heavy atom. The van der Waals surface area contributed by atoms with Crippen molar-refractivity contribution in [1.82, 2.24) is 10.2 Å². The Bertz CT molecular complexity index is 866. The molecule has 0 aliphatic carbocycles. The summed E-state index contributed by atoms with van der Waals surface area (Å²) in [5.41, 5.74) is 1.59. The van der Waals surface area contributed by atoms with Gasteiger partial charge in [0.1, 0.15) is 5.82 Å². The number of ketones is 1. The van der Waals surface area contributed by atoms with Gasteiger partial charge in [-0.2, -0.15) is 0 Å². The summed E-state index contributed by atoms with van der Waals surface area (Å²) < 4.78 is 18.9. The first kappa shape index (κ1) is 20.7. The number of carbonyl (C=O) groups excluding carboxylic acids is 2. The van der Waals surface area contributed by atoms with Crippen LogP contribution < -0.4 is 5.32 Å². The van der Waals surface area contributed by atoms with Crippen molar-refractivity contribution in [2.45, 2.75) is 25.5 Å². The first-order chi connectivity index (χ1) is 14.6. The van der Waals surface area contributed by atoms with Crippen LogP contribution in [0.2, 0.25) is 0 Å². The minimum Gasteiger partial charge on any atom is -0.376 e. The number of nitrogens with zero attached hydrogens (tertiary/aromatic N) is 1. The number of rotatable bonds is 7. The summed E-state index contributed by atoms with van der Waals surface area (Å²) in [6.45, 7) is 2.92. The van der Waals surface area contributed by atoms with Crippen LogP contribution in [0.3, 0.4) is 0 Å². The summed E-state index contributed by atoms with van der Waals surface area (Å²) in [7, 11) is 0. The molecule has 1 N–H and O–H groups in total. The standard InChI is InChI=1S/C24H27FN2O3/c25-19-10-8-18(9-11-19)23(28)21-15-27(14-17-5-2-1-3-6-17)16-22(21)24(29)26-13-20-7-4-12-30-20/h1-3,5-6,8-11,20-22H,4,7,12-16H2,(H,26,29)/t20?,21-,22-/m1/s1. The molecule has 2 fully saturated rings. The molecular weight excluding hydrogens is 383 g/mol. The molecule has 6 heteroatoms. The van der Waals surface area contributed by atoms with Crippen molar-refractivity contribution >= 4 is 11.7 Å². The highest BCUT2D eigenvalue weighted by atomic mass is 19.1. The van der Waals surface area contributed by atoms with Gasteiger partial charge in [-0.15, -0.1) is 0 Å². The smallest absolute Gasteiger partial charge is 0.225 e.